The van der Waals surface area contributed by atoms with E-state index in [1.54, 1.807) is 0 Å². The zero-order valence-corrected chi connectivity index (χ0v) is 16.9. The number of aromatic nitrogens is 1. The van der Waals surface area contributed by atoms with Gasteiger partial charge >= 0.3 is 5.97 Å². The van der Waals surface area contributed by atoms with E-state index in [-0.39, 0.29) is 12.5 Å². The van der Waals surface area contributed by atoms with Gasteiger partial charge in [0.2, 0.25) is 0 Å². The lowest BCUT2D eigenvalue weighted by atomic mass is 10.0. The van der Waals surface area contributed by atoms with Gasteiger partial charge in [-0.05, 0) is 36.1 Å². The van der Waals surface area contributed by atoms with E-state index in [0.717, 1.165) is 34.9 Å². The van der Waals surface area contributed by atoms with Crippen molar-refractivity contribution in [3.8, 4) is 0 Å². The van der Waals surface area contributed by atoms with E-state index in [4.69, 9.17) is 16.7 Å². The average molecular weight is 415 g/mol. The fourth-order valence-electron chi connectivity index (χ4n) is 4.25. The van der Waals surface area contributed by atoms with Crippen LogP contribution >= 0.6 is 11.6 Å². The maximum absolute atomic E-state index is 14.8. The van der Waals surface area contributed by atoms with Crippen LogP contribution in [0.1, 0.15) is 30.0 Å². The maximum Gasteiger partial charge on any atom is 0.307 e. The third kappa shape index (κ3) is 4.46. The van der Waals surface area contributed by atoms with Crippen molar-refractivity contribution in [3.63, 3.8) is 0 Å². The van der Waals surface area contributed by atoms with E-state index >= 15 is 0 Å². The first-order chi connectivity index (χ1) is 14.0. The fourth-order valence-corrected chi connectivity index (χ4v) is 4.60. The number of aliphatic carboxylic acids is 1. The summed E-state index contributed by atoms with van der Waals surface area (Å²) in [6, 6.07) is 17.5. The minimum absolute atomic E-state index is 0.0137. The summed E-state index contributed by atoms with van der Waals surface area (Å²) in [6.07, 6.45) is 1.01. The van der Waals surface area contributed by atoms with Gasteiger partial charge in [-0.15, -0.1) is 0 Å². The summed E-state index contributed by atoms with van der Waals surface area (Å²) in [7, 11) is 0. The molecule has 2 heterocycles. The third-order valence-corrected chi connectivity index (χ3v) is 6.01. The second-order valence-corrected chi connectivity index (χ2v) is 8.08. The number of carboxylic acids is 1. The normalized spacial score (nSPS) is 16.9. The molecule has 1 atom stereocenters. The number of fused-ring (bicyclic) bond motifs is 1. The lowest BCUT2D eigenvalue weighted by Gasteiger charge is -2.35. The summed E-state index contributed by atoms with van der Waals surface area (Å²) in [5, 5.41) is 10.7. The Kier molecular flexibility index (Phi) is 5.88. The maximum atomic E-state index is 14.8. The molecule has 6 heteroatoms. The molecule has 29 heavy (non-hydrogen) atoms. The number of piperidine rings is 1. The molecule has 1 aromatic heterocycles. The molecule has 0 spiro atoms. The van der Waals surface area contributed by atoms with Gasteiger partial charge < -0.3 is 9.67 Å². The quantitative estimate of drug-likeness (QED) is 0.571. The number of rotatable bonds is 6. The minimum Gasteiger partial charge on any atom is -0.481 e. The monoisotopic (exact) mass is 414 g/mol. The Balaban J connectivity index is 1.47. The highest BCUT2D eigenvalue weighted by Crippen LogP contribution is 2.34. The first-order valence-corrected chi connectivity index (χ1v) is 10.3. The number of benzene rings is 2. The first kappa shape index (κ1) is 19.9. The molecule has 0 amide bonds. The molecule has 0 radical (unpaired) electrons. The molecule has 0 bridgehead atoms. The second kappa shape index (κ2) is 8.56. The zero-order chi connectivity index (χ0) is 20.4. The molecule has 1 aliphatic heterocycles. The van der Waals surface area contributed by atoms with Gasteiger partial charge in [-0.1, -0.05) is 54.1 Å². The number of hydrogen-bond donors (Lipinski definition) is 1. The van der Waals surface area contributed by atoms with Gasteiger partial charge in [-0.2, -0.15) is 0 Å². The van der Waals surface area contributed by atoms with Gasteiger partial charge in [0.15, 0.2) is 6.30 Å². The Hall–Kier alpha value is -2.37. The summed E-state index contributed by atoms with van der Waals surface area (Å²) in [5.41, 5.74) is 2.71. The molecule has 152 valence electrons. The van der Waals surface area contributed by atoms with Gasteiger partial charge in [0, 0.05) is 36.5 Å². The van der Waals surface area contributed by atoms with Crippen LogP contribution in [-0.4, -0.2) is 39.9 Å². The predicted octanol–water partition coefficient (Wildman–Crippen LogP) is 5.10. The van der Waals surface area contributed by atoms with Crippen LogP contribution < -0.4 is 0 Å². The van der Waals surface area contributed by atoms with Crippen molar-refractivity contribution < 1.29 is 14.3 Å². The van der Waals surface area contributed by atoms with Gasteiger partial charge in [0.05, 0.1) is 6.42 Å². The number of alkyl halides is 1. The third-order valence-electron chi connectivity index (χ3n) is 5.72. The number of halogens is 2. The first-order valence-electron chi connectivity index (χ1n) is 9.94. The molecule has 0 aliphatic carbocycles. The Labute approximate surface area is 174 Å². The molecule has 1 N–H and O–H groups in total. The number of nitrogens with zero attached hydrogens (tertiary/aromatic N) is 2. The molecule has 1 aliphatic rings. The van der Waals surface area contributed by atoms with Crippen LogP contribution in [0.25, 0.3) is 10.9 Å². The standard InChI is InChI=1S/C23H24ClFN2O2/c24-21-15-18-7-6-17(14-23(28)29)12-20(18)27(21)19-8-10-26(11-9-19)22(25)13-16-4-2-1-3-5-16/h1-7,12,15,19,22H,8-11,13-14H2,(H,28,29). The van der Waals surface area contributed by atoms with E-state index in [0.29, 0.717) is 24.7 Å². The Morgan fingerprint density at radius 3 is 2.52 bits per heavy atom. The van der Waals surface area contributed by atoms with Crippen molar-refractivity contribution in [2.75, 3.05) is 13.1 Å². The lowest BCUT2D eigenvalue weighted by Crippen LogP contribution is -2.40. The second-order valence-electron chi connectivity index (χ2n) is 7.69. The van der Waals surface area contributed by atoms with Gasteiger partial charge in [-0.25, -0.2) is 4.39 Å². The SMILES string of the molecule is O=C(O)Cc1ccc2cc(Cl)n(C3CCN(C(F)Cc4ccccc4)CC3)c2c1. The molecule has 2 aromatic carbocycles. The number of hydrogen-bond acceptors (Lipinski definition) is 2. The largest absolute Gasteiger partial charge is 0.481 e. The van der Waals surface area contributed by atoms with Crippen molar-refractivity contribution in [1.82, 2.24) is 9.47 Å². The van der Waals surface area contributed by atoms with E-state index < -0.39 is 12.3 Å². The molecule has 3 aromatic rings. The molecule has 0 saturated carbocycles. The van der Waals surface area contributed by atoms with Crippen LogP contribution in [0.3, 0.4) is 0 Å². The number of likely N-dealkylation sites (tertiary alicyclic amines) is 1. The van der Waals surface area contributed by atoms with E-state index in [1.807, 2.05) is 59.5 Å². The van der Waals surface area contributed by atoms with Crippen molar-refractivity contribution in [1.29, 1.82) is 0 Å². The van der Waals surface area contributed by atoms with Crippen LogP contribution in [0.2, 0.25) is 5.15 Å². The van der Waals surface area contributed by atoms with Gasteiger partial charge in [0.1, 0.15) is 5.15 Å². The average Bonchev–Trinajstić information content (AvgIpc) is 3.03. The molecule has 4 nitrogen and oxygen atoms in total. The lowest BCUT2D eigenvalue weighted by molar-refractivity contribution is -0.136. The smallest absolute Gasteiger partial charge is 0.307 e. The van der Waals surface area contributed by atoms with Crippen LogP contribution in [0.4, 0.5) is 4.39 Å². The fraction of sp³-hybridized carbons (Fsp3) is 0.348. The Morgan fingerprint density at radius 2 is 1.83 bits per heavy atom. The number of carboxylic acid groups (broad SMARTS) is 1. The van der Waals surface area contributed by atoms with Crippen molar-refractivity contribution in [2.45, 2.75) is 38.0 Å². The van der Waals surface area contributed by atoms with Crippen molar-refractivity contribution in [3.05, 3.63) is 70.9 Å². The highest BCUT2D eigenvalue weighted by Gasteiger charge is 2.27. The van der Waals surface area contributed by atoms with Crippen LogP contribution in [-0.2, 0) is 17.6 Å². The summed E-state index contributed by atoms with van der Waals surface area (Å²) < 4.78 is 16.9. The number of carbonyl (C=O) groups is 1. The highest BCUT2D eigenvalue weighted by molar-refractivity contribution is 6.31. The molecular formula is C23H24ClFN2O2. The van der Waals surface area contributed by atoms with E-state index in [2.05, 4.69) is 4.57 Å². The molecular weight excluding hydrogens is 391 g/mol. The van der Waals surface area contributed by atoms with Crippen molar-refractivity contribution >= 4 is 28.5 Å². The molecule has 1 unspecified atom stereocenters. The van der Waals surface area contributed by atoms with Gasteiger partial charge in [-0.3, -0.25) is 9.69 Å². The highest BCUT2D eigenvalue weighted by atomic mass is 35.5. The minimum atomic E-state index is -0.989. The van der Waals surface area contributed by atoms with Gasteiger partial charge in [0.25, 0.3) is 0 Å². The molecule has 1 saturated heterocycles. The summed E-state index contributed by atoms with van der Waals surface area (Å²) >= 11 is 6.52. The van der Waals surface area contributed by atoms with Crippen molar-refractivity contribution in [2.24, 2.45) is 0 Å². The van der Waals surface area contributed by atoms with E-state index in [9.17, 15) is 9.18 Å². The van der Waals surface area contributed by atoms with Crippen LogP contribution in [0.15, 0.2) is 54.6 Å². The zero-order valence-electron chi connectivity index (χ0n) is 16.1. The Morgan fingerprint density at radius 1 is 1.10 bits per heavy atom. The van der Waals surface area contributed by atoms with Crippen LogP contribution in [0.5, 0.6) is 0 Å². The Bertz CT molecular complexity index is 997. The summed E-state index contributed by atoms with van der Waals surface area (Å²) in [6.45, 7) is 1.34. The summed E-state index contributed by atoms with van der Waals surface area (Å²) in [5.74, 6) is -0.853. The van der Waals surface area contributed by atoms with E-state index in [1.165, 1.54) is 0 Å². The predicted molar refractivity (Wildman–Crippen MR) is 113 cm³/mol. The van der Waals surface area contributed by atoms with Crippen LogP contribution in [0, 0.1) is 0 Å². The summed E-state index contributed by atoms with van der Waals surface area (Å²) in [4.78, 5) is 13.0. The topological polar surface area (TPSA) is 45.5 Å². The molecule has 4 rings (SSSR count). The molecule has 1 fully saturated rings.